The molecule has 2 fully saturated rings. The van der Waals surface area contributed by atoms with E-state index in [0.29, 0.717) is 17.6 Å². The SMILES string of the molecule is O=C1/C(=C/c2ccc(Cl)cc2)CC[C@@H]1C1CCCC1. The van der Waals surface area contributed by atoms with Crippen LogP contribution in [-0.4, -0.2) is 5.78 Å². The molecule has 1 atom stereocenters. The first-order valence-corrected chi connectivity index (χ1v) is 7.62. The second kappa shape index (κ2) is 5.50. The molecule has 2 aliphatic carbocycles. The topological polar surface area (TPSA) is 17.1 Å². The normalized spacial score (nSPS) is 26.5. The predicted octanol–water partition coefficient (Wildman–Crippen LogP) is 4.89. The van der Waals surface area contributed by atoms with Crippen LogP contribution in [0.25, 0.3) is 6.08 Å². The third-order valence-electron chi connectivity index (χ3n) is 4.56. The molecule has 1 nitrogen and oxygen atoms in total. The number of allylic oxidation sites excluding steroid dienone is 1. The summed E-state index contributed by atoms with van der Waals surface area (Å²) in [6.45, 7) is 0. The molecule has 0 aliphatic heterocycles. The quantitative estimate of drug-likeness (QED) is 0.702. The fourth-order valence-electron chi connectivity index (χ4n) is 3.52. The van der Waals surface area contributed by atoms with E-state index in [1.54, 1.807) is 0 Å². The smallest absolute Gasteiger partial charge is 0.162 e. The molecular formula is C17H19ClO. The average Bonchev–Trinajstić information content (AvgIpc) is 3.03. The Balaban J connectivity index is 1.75. The second-order valence-electron chi connectivity index (χ2n) is 5.78. The summed E-state index contributed by atoms with van der Waals surface area (Å²) in [6.07, 6.45) is 9.18. The Labute approximate surface area is 119 Å². The van der Waals surface area contributed by atoms with Gasteiger partial charge >= 0.3 is 0 Å². The molecule has 0 N–H and O–H groups in total. The molecule has 100 valence electrons. The number of ketones is 1. The Kier molecular flexibility index (Phi) is 3.74. The third-order valence-corrected chi connectivity index (χ3v) is 4.81. The van der Waals surface area contributed by atoms with E-state index in [2.05, 4.69) is 0 Å². The van der Waals surface area contributed by atoms with Crippen LogP contribution in [0.15, 0.2) is 29.8 Å². The maximum atomic E-state index is 12.5. The second-order valence-corrected chi connectivity index (χ2v) is 6.21. The zero-order chi connectivity index (χ0) is 13.2. The number of hydrogen-bond acceptors (Lipinski definition) is 1. The first-order valence-electron chi connectivity index (χ1n) is 7.24. The highest BCUT2D eigenvalue weighted by Crippen LogP contribution is 2.40. The summed E-state index contributed by atoms with van der Waals surface area (Å²) in [5, 5.41) is 0.740. The number of carbonyl (C=O) groups is 1. The molecule has 0 heterocycles. The highest BCUT2D eigenvalue weighted by Gasteiger charge is 2.36. The van der Waals surface area contributed by atoms with E-state index in [1.807, 2.05) is 30.3 Å². The van der Waals surface area contributed by atoms with Gasteiger partial charge in [-0.1, -0.05) is 36.6 Å². The van der Waals surface area contributed by atoms with Crippen molar-refractivity contribution in [2.24, 2.45) is 11.8 Å². The van der Waals surface area contributed by atoms with Crippen LogP contribution in [-0.2, 0) is 4.79 Å². The van der Waals surface area contributed by atoms with Gasteiger partial charge in [-0.05, 0) is 60.9 Å². The lowest BCUT2D eigenvalue weighted by Gasteiger charge is -2.15. The molecule has 0 radical (unpaired) electrons. The van der Waals surface area contributed by atoms with Gasteiger partial charge in [-0.2, -0.15) is 0 Å². The minimum absolute atomic E-state index is 0.307. The van der Waals surface area contributed by atoms with Gasteiger partial charge in [-0.15, -0.1) is 0 Å². The molecule has 1 aromatic rings. The van der Waals surface area contributed by atoms with Gasteiger partial charge in [0, 0.05) is 10.9 Å². The molecule has 0 amide bonds. The molecular weight excluding hydrogens is 256 g/mol. The first kappa shape index (κ1) is 12.9. The van der Waals surface area contributed by atoms with E-state index in [-0.39, 0.29) is 0 Å². The Hall–Kier alpha value is -1.08. The van der Waals surface area contributed by atoms with E-state index < -0.39 is 0 Å². The van der Waals surface area contributed by atoms with Crippen LogP contribution < -0.4 is 0 Å². The van der Waals surface area contributed by atoms with Crippen LogP contribution in [0.5, 0.6) is 0 Å². The minimum Gasteiger partial charge on any atom is -0.294 e. The Morgan fingerprint density at radius 1 is 1.05 bits per heavy atom. The molecule has 1 aromatic carbocycles. The molecule has 2 aliphatic rings. The zero-order valence-electron chi connectivity index (χ0n) is 11.1. The van der Waals surface area contributed by atoms with Crippen LogP contribution in [0.1, 0.15) is 44.1 Å². The fourth-order valence-corrected chi connectivity index (χ4v) is 3.64. The van der Waals surface area contributed by atoms with Crippen molar-refractivity contribution in [2.75, 3.05) is 0 Å². The van der Waals surface area contributed by atoms with Crippen molar-refractivity contribution in [3.05, 3.63) is 40.4 Å². The lowest BCUT2D eigenvalue weighted by molar-refractivity contribution is -0.119. The van der Waals surface area contributed by atoms with Crippen LogP contribution in [0, 0.1) is 11.8 Å². The zero-order valence-corrected chi connectivity index (χ0v) is 11.8. The largest absolute Gasteiger partial charge is 0.294 e. The van der Waals surface area contributed by atoms with Gasteiger partial charge in [0.05, 0.1) is 0 Å². The monoisotopic (exact) mass is 274 g/mol. The fraction of sp³-hybridized carbons (Fsp3) is 0.471. The molecule has 0 aromatic heterocycles. The van der Waals surface area contributed by atoms with Crippen LogP contribution in [0.4, 0.5) is 0 Å². The molecule has 2 heteroatoms. The summed E-state index contributed by atoms with van der Waals surface area (Å²) in [7, 11) is 0. The van der Waals surface area contributed by atoms with E-state index in [4.69, 9.17) is 11.6 Å². The van der Waals surface area contributed by atoms with E-state index in [1.165, 1.54) is 25.7 Å². The summed E-state index contributed by atoms with van der Waals surface area (Å²) >= 11 is 5.88. The van der Waals surface area contributed by atoms with Crippen molar-refractivity contribution in [1.29, 1.82) is 0 Å². The summed E-state index contributed by atoms with van der Waals surface area (Å²) in [5.74, 6) is 1.37. The van der Waals surface area contributed by atoms with E-state index in [0.717, 1.165) is 29.0 Å². The maximum Gasteiger partial charge on any atom is 0.162 e. The summed E-state index contributed by atoms with van der Waals surface area (Å²) in [5.41, 5.74) is 2.10. The van der Waals surface area contributed by atoms with Gasteiger partial charge in [0.1, 0.15) is 0 Å². The maximum absolute atomic E-state index is 12.5. The van der Waals surface area contributed by atoms with Crippen LogP contribution >= 0.6 is 11.6 Å². The van der Waals surface area contributed by atoms with Gasteiger partial charge in [0.2, 0.25) is 0 Å². The molecule has 3 rings (SSSR count). The molecule has 2 saturated carbocycles. The van der Waals surface area contributed by atoms with Gasteiger partial charge < -0.3 is 0 Å². The standard InChI is InChI=1S/C17H19ClO/c18-15-8-5-12(6-9-15)11-14-7-10-16(17(14)19)13-3-1-2-4-13/h5-6,8-9,11,13,16H,1-4,7,10H2/b14-11+/t16-/m1/s1. The lowest BCUT2D eigenvalue weighted by Crippen LogP contribution is -2.16. The van der Waals surface area contributed by atoms with Gasteiger partial charge in [0.25, 0.3) is 0 Å². The number of rotatable bonds is 2. The van der Waals surface area contributed by atoms with Crippen molar-refractivity contribution >= 4 is 23.5 Å². The van der Waals surface area contributed by atoms with Gasteiger partial charge in [-0.25, -0.2) is 0 Å². The number of benzene rings is 1. The van der Waals surface area contributed by atoms with Crippen LogP contribution in [0.2, 0.25) is 5.02 Å². The molecule has 0 unspecified atom stereocenters. The Morgan fingerprint density at radius 3 is 2.42 bits per heavy atom. The molecule has 0 spiro atoms. The summed E-state index contributed by atoms with van der Waals surface area (Å²) < 4.78 is 0. The van der Waals surface area contributed by atoms with Crippen molar-refractivity contribution < 1.29 is 4.79 Å². The highest BCUT2D eigenvalue weighted by molar-refractivity contribution is 6.30. The van der Waals surface area contributed by atoms with E-state index in [9.17, 15) is 4.79 Å². The predicted molar refractivity (Wildman–Crippen MR) is 79.1 cm³/mol. The van der Waals surface area contributed by atoms with Crippen molar-refractivity contribution in [3.8, 4) is 0 Å². The number of carbonyl (C=O) groups excluding carboxylic acids is 1. The first-order chi connectivity index (χ1) is 9.24. The number of hydrogen-bond donors (Lipinski definition) is 0. The Bertz CT molecular complexity index is 494. The number of Topliss-reactive ketones (excluding diaryl/α,β-unsaturated/α-hetero) is 1. The molecule has 0 bridgehead atoms. The lowest BCUT2D eigenvalue weighted by atomic mass is 9.88. The third kappa shape index (κ3) is 2.76. The number of halogens is 1. The van der Waals surface area contributed by atoms with Crippen molar-refractivity contribution in [2.45, 2.75) is 38.5 Å². The highest BCUT2D eigenvalue weighted by atomic mass is 35.5. The molecule has 0 saturated heterocycles. The molecule has 19 heavy (non-hydrogen) atoms. The van der Waals surface area contributed by atoms with Crippen molar-refractivity contribution in [1.82, 2.24) is 0 Å². The van der Waals surface area contributed by atoms with Crippen molar-refractivity contribution in [3.63, 3.8) is 0 Å². The van der Waals surface area contributed by atoms with E-state index >= 15 is 0 Å². The summed E-state index contributed by atoms with van der Waals surface area (Å²) in [6, 6.07) is 7.71. The van der Waals surface area contributed by atoms with Gasteiger partial charge in [-0.3, -0.25) is 4.79 Å². The minimum atomic E-state index is 0.307. The Morgan fingerprint density at radius 2 is 1.74 bits per heavy atom. The van der Waals surface area contributed by atoms with Gasteiger partial charge in [0.15, 0.2) is 5.78 Å². The van der Waals surface area contributed by atoms with Crippen LogP contribution in [0.3, 0.4) is 0 Å². The average molecular weight is 275 g/mol. The summed E-state index contributed by atoms with van der Waals surface area (Å²) in [4.78, 5) is 12.5.